The first kappa shape index (κ1) is 13.0. The van der Waals surface area contributed by atoms with Gasteiger partial charge in [0, 0.05) is 9.35 Å². The third kappa shape index (κ3) is 3.75. The molecule has 0 fully saturated rings. The van der Waals surface area contributed by atoms with Crippen LogP contribution < -0.4 is 0 Å². The van der Waals surface area contributed by atoms with Gasteiger partial charge in [0.15, 0.2) is 0 Å². The zero-order chi connectivity index (χ0) is 11.4. The molecule has 1 heterocycles. The van der Waals surface area contributed by atoms with Gasteiger partial charge in [-0.15, -0.1) is 11.3 Å². The van der Waals surface area contributed by atoms with E-state index in [2.05, 4.69) is 15.9 Å². The van der Waals surface area contributed by atoms with Gasteiger partial charge in [-0.25, -0.2) is 0 Å². The highest BCUT2D eigenvalue weighted by atomic mass is 79.9. The summed E-state index contributed by atoms with van der Waals surface area (Å²) in [4.78, 5) is 11.7. The molecule has 1 aromatic rings. The minimum absolute atomic E-state index is 0.0445. The Kier molecular flexibility index (Phi) is 5.05. The number of halogens is 2. The maximum atomic E-state index is 11.1. The second-order valence-corrected chi connectivity index (χ2v) is 5.34. The number of carbonyl (C=O) groups is 1. The molecule has 0 aliphatic carbocycles. The smallest absolute Gasteiger partial charge is 0.308 e. The Balaban J connectivity index is 2.60. The summed E-state index contributed by atoms with van der Waals surface area (Å²) in [7, 11) is 0. The van der Waals surface area contributed by atoms with Crippen LogP contribution in [-0.4, -0.2) is 17.7 Å². The summed E-state index contributed by atoms with van der Waals surface area (Å²) >= 11 is 10.3. The number of ether oxygens (including phenoxy) is 1. The van der Waals surface area contributed by atoms with Gasteiger partial charge in [0.2, 0.25) is 0 Å². The summed E-state index contributed by atoms with van der Waals surface area (Å²) in [6, 6.07) is 1.71. The third-order valence-corrected chi connectivity index (χ3v) is 4.23. The number of thiophene rings is 1. The summed E-state index contributed by atoms with van der Waals surface area (Å²) < 4.78 is 6.02. The van der Waals surface area contributed by atoms with Crippen LogP contribution in [0.4, 0.5) is 0 Å². The van der Waals surface area contributed by atoms with E-state index in [0.29, 0.717) is 15.8 Å². The highest BCUT2D eigenvalue weighted by Gasteiger charge is 2.17. The standard InChI is InChI=1S/C9H10BrClO3S/c1-2-14-8(13)4-6(12)7-3-5(10)9(11)15-7/h3,6,12H,2,4H2,1H3. The molecule has 3 nitrogen and oxygen atoms in total. The van der Waals surface area contributed by atoms with Gasteiger partial charge >= 0.3 is 5.97 Å². The summed E-state index contributed by atoms with van der Waals surface area (Å²) in [5.41, 5.74) is 0. The predicted octanol–water partition coefficient (Wildman–Crippen LogP) is 3.15. The van der Waals surface area contributed by atoms with Crippen molar-refractivity contribution < 1.29 is 14.6 Å². The number of aliphatic hydroxyl groups is 1. The molecule has 1 aromatic heterocycles. The Morgan fingerprint density at radius 2 is 2.47 bits per heavy atom. The lowest BCUT2D eigenvalue weighted by Crippen LogP contribution is -2.09. The first-order valence-corrected chi connectivity index (χ1v) is 6.31. The largest absolute Gasteiger partial charge is 0.466 e. The molecule has 0 bridgehead atoms. The Bertz CT molecular complexity index is 334. The van der Waals surface area contributed by atoms with Crippen LogP contribution in [0.15, 0.2) is 10.5 Å². The minimum Gasteiger partial charge on any atom is -0.466 e. The normalized spacial score (nSPS) is 12.5. The summed E-state index contributed by atoms with van der Waals surface area (Å²) in [5.74, 6) is -0.411. The molecule has 1 unspecified atom stereocenters. The van der Waals surface area contributed by atoms with Crippen LogP contribution >= 0.6 is 38.9 Å². The number of carbonyl (C=O) groups excluding carboxylic acids is 1. The Labute approximate surface area is 105 Å². The molecule has 0 aromatic carbocycles. The van der Waals surface area contributed by atoms with E-state index in [0.717, 1.165) is 4.47 Å². The van der Waals surface area contributed by atoms with Crippen LogP contribution in [0, 0.1) is 0 Å². The first-order valence-electron chi connectivity index (χ1n) is 4.33. The van der Waals surface area contributed by atoms with Crippen molar-refractivity contribution in [3.05, 3.63) is 19.8 Å². The molecule has 0 aliphatic heterocycles. The van der Waals surface area contributed by atoms with E-state index in [1.165, 1.54) is 11.3 Å². The molecule has 0 saturated heterocycles. The minimum atomic E-state index is -0.849. The lowest BCUT2D eigenvalue weighted by atomic mass is 10.2. The fraction of sp³-hybridized carbons (Fsp3) is 0.444. The Morgan fingerprint density at radius 3 is 2.93 bits per heavy atom. The average molecular weight is 314 g/mol. The summed E-state index contributed by atoms with van der Waals surface area (Å²) in [6.45, 7) is 2.04. The van der Waals surface area contributed by atoms with Gasteiger partial charge in [-0.2, -0.15) is 0 Å². The van der Waals surface area contributed by atoms with Gasteiger partial charge in [0.05, 0.1) is 19.1 Å². The van der Waals surface area contributed by atoms with Gasteiger partial charge in [0.1, 0.15) is 4.34 Å². The zero-order valence-electron chi connectivity index (χ0n) is 8.00. The number of aliphatic hydroxyl groups excluding tert-OH is 1. The van der Waals surface area contributed by atoms with Crippen molar-refractivity contribution in [1.82, 2.24) is 0 Å². The van der Waals surface area contributed by atoms with Crippen molar-refractivity contribution in [3.63, 3.8) is 0 Å². The van der Waals surface area contributed by atoms with Crippen molar-refractivity contribution in [3.8, 4) is 0 Å². The molecule has 0 spiro atoms. The van der Waals surface area contributed by atoms with Crippen LogP contribution in [0.2, 0.25) is 4.34 Å². The number of rotatable bonds is 4. The highest BCUT2D eigenvalue weighted by molar-refractivity contribution is 9.10. The zero-order valence-corrected chi connectivity index (χ0v) is 11.2. The molecule has 1 N–H and O–H groups in total. The van der Waals surface area contributed by atoms with Crippen molar-refractivity contribution in [2.75, 3.05) is 6.61 Å². The third-order valence-electron chi connectivity index (χ3n) is 1.66. The SMILES string of the molecule is CCOC(=O)CC(O)c1cc(Br)c(Cl)s1. The van der Waals surface area contributed by atoms with E-state index >= 15 is 0 Å². The second kappa shape index (κ2) is 5.84. The lowest BCUT2D eigenvalue weighted by Gasteiger charge is -2.06. The van der Waals surface area contributed by atoms with Crippen LogP contribution in [0.25, 0.3) is 0 Å². The highest BCUT2D eigenvalue weighted by Crippen LogP contribution is 2.36. The van der Waals surface area contributed by atoms with Crippen molar-refractivity contribution >= 4 is 44.8 Å². The Hall–Kier alpha value is -0.100. The fourth-order valence-corrected chi connectivity index (χ4v) is 2.73. The molecule has 84 valence electrons. The van der Waals surface area contributed by atoms with Crippen LogP contribution in [0.3, 0.4) is 0 Å². The van der Waals surface area contributed by atoms with Gasteiger partial charge in [-0.1, -0.05) is 11.6 Å². The van der Waals surface area contributed by atoms with E-state index in [1.807, 2.05) is 0 Å². The molecule has 6 heteroatoms. The molecular formula is C9H10BrClO3S. The summed E-state index contributed by atoms with van der Waals surface area (Å²) in [6.07, 6.45) is -0.894. The van der Waals surface area contributed by atoms with E-state index in [-0.39, 0.29) is 6.42 Å². The molecule has 0 saturated carbocycles. The second-order valence-electron chi connectivity index (χ2n) is 2.80. The van der Waals surface area contributed by atoms with E-state index in [4.69, 9.17) is 16.3 Å². The van der Waals surface area contributed by atoms with Gasteiger partial charge in [-0.3, -0.25) is 4.79 Å². The number of hydrogen-bond donors (Lipinski definition) is 1. The molecule has 0 radical (unpaired) electrons. The van der Waals surface area contributed by atoms with Gasteiger partial charge < -0.3 is 9.84 Å². The van der Waals surface area contributed by atoms with E-state index in [1.54, 1.807) is 13.0 Å². The molecule has 1 rings (SSSR count). The van der Waals surface area contributed by atoms with Crippen molar-refractivity contribution in [2.24, 2.45) is 0 Å². The number of esters is 1. The predicted molar refractivity (Wildman–Crippen MR) is 63.2 cm³/mol. The quantitative estimate of drug-likeness (QED) is 0.869. The lowest BCUT2D eigenvalue weighted by molar-refractivity contribution is -0.145. The van der Waals surface area contributed by atoms with E-state index in [9.17, 15) is 9.90 Å². The topological polar surface area (TPSA) is 46.5 Å². The van der Waals surface area contributed by atoms with Crippen molar-refractivity contribution in [2.45, 2.75) is 19.4 Å². The van der Waals surface area contributed by atoms with E-state index < -0.39 is 12.1 Å². The van der Waals surface area contributed by atoms with Crippen LogP contribution in [0.5, 0.6) is 0 Å². The molecule has 1 atom stereocenters. The van der Waals surface area contributed by atoms with Crippen LogP contribution in [0.1, 0.15) is 24.3 Å². The van der Waals surface area contributed by atoms with Crippen LogP contribution in [-0.2, 0) is 9.53 Å². The molecule has 0 aliphatic rings. The molecular weight excluding hydrogens is 304 g/mol. The summed E-state index contributed by atoms with van der Waals surface area (Å²) in [5, 5.41) is 9.69. The van der Waals surface area contributed by atoms with Gasteiger partial charge in [-0.05, 0) is 28.9 Å². The monoisotopic (exact) mass is 312 g/mol. The first-order chi connectivity index (χ1) is 7.04. The van der Waals surface area contributed by atoms with Gasteiger partial charge in [0.25, 0.3) is 0 Å². The average Bonchev–Trinajstić information content (AvgIpc) is 2.47. The van der Waals surface area contributed by atoms with Crippen molar-refractivity contribution in [1.29, 1.82) is 0 Å². The molecule has 15 heavy (non-hydrogen) atoms. The Morgan fingerprint density at radius 1 is 1.80 bits per heavy atom. The maximum absolute atomic E-state index is 11.1. The fourth-order valence-electron chi connectivity index (χ4n) is 1.01. The molecule has 0 amide bonds. The maximum Gasteiger partial charge on any atom is 0.308 e. The number of hydrogen-bond acceptors (Lipinski definition) is 4.